The Balaban J connectivity index is 1.25. The molecule has 4 N–H and O–H groups in total. The van der Waals surface area contributed by atoms with E-state index in [0.29, 0.717) is 30.1 Å². The maximum atomic E-state index is 13.2. The Morgan fingerprint density at radius 1 is 1.05 bits per heavy atom. The molecule has 0 bridgehead atoms. The van der Waals surface area contributed by atoms with Gasteiger partial charge >= 0.3 is 12.0 Å². The van der Waals surface area contributed by atoms with Crippen molar-refractivity contribution < 1.29 is 24.3 Å². The van der Waals surface area contributed by atoms with Crippen LogP contribution in [-0.4, -0.2) is 53.0 Å². The minimum atomic E-state index is -1.48. The molecule has 5 rings (SSSR count). The molecule has 1 aliphatic heterocycles. The van der Waals surface area contributed by atoms with E-state index in [-0.39, 0.29) is 33.1 Å². The third-order valence-electron chi connectivity index (χ3n) is 7.11. The highest BCUT2D eigenvalue weighted by atomic mass is 35.5. The first-order valence-electron chi connectivity index (χ1n) is 13.0. The van der Waals surface area contributed by atoms with Crippen LogP contribution in [0.2, 0.25) is 15.1 Å². The Hall–Kier alpha value is -4.05. The molecule has 0 fully saturated rings. The number of carboxylic acids is 1. The molecule has 2 atom stereocenters. The van der Waals surface area contributed by atoms with Crippen molar-refractivity contribution in [3.63, 3.8) is 0 Å². The minimum absolute atomic E-state index is 0.0210. The Morgan fingerprint density at radius 2 is 1.83 bits per heavy atom. The van der Waals surface area contributed by atoms with E-state index in [1.165, 1.54) is 6.07 Å². The lowest BCUT2D eigenvalue weighted by molar-refractivity contribution is -0.139. The summed E-state index contributed by atoms with van der Waals surface area (Å²) in [5, 5.41) is 17.8. The number of fused-ring (bicyclic) bond motifs is 2. The van der Waals surface area contributed by atoms with Gasteiger partial charge in [-0.15, -0.1) is 0 Å². The summed E-state index contributed by atoms with van der Waals surface area (Å²) in [7, 11) is 0. The lowest BCUT2D eigenvalue weighted by atomic mass is 9.95. The molecule has 2 aliphatic rings. The predicted octanol–water partition coefficient (Wildman–Crippen LogP) is 5.10. The van der Waals surface area contributed by atoms with Crippen LogP contribution in [0.4, 0.5) is 4.79 Å². The Labute approximate surface area is 256 Å². The van der Waals surface area contributed by atoms with Crippen LogP contribution in [0.5, 0.6) is 0 Å². The molecule has 0 saturated carbocycles. The summed E-state index contributed by atoms with van der Waals surface area (Å²) < 4.78 is 0. The quantitative estimate of drug-likeness (QED) is 0.277. The number of carboxylic acid groups (broad SMARTS) is 1. The van der Waals surface area contributed by atoms with Crippen molar-refractivity contribution in [3.05, 3.63) is 109 Å². The second-order valence-corrected chi connectivity index (χ2v) is 11.1. The maximum Gasteiger partial charge on any atom is 0.328 e. The number of hydrogen-bond donors (Lipinski definition) is 4. The number of nitrogens with one attached hydrogen (secondary N) is 3. The summed E-state index contributed by atoms with van der Waals surface area (Å²) in [4.78, 5) is 52.5. The Morgan fingerprint density at radius 3 is 2.60 bits per heavy atom. The van der Waals surface area contributed by atoms with Gasteiger partial charge in [0, 0.05) is 23.7 Å². The van der Waals surface area contributed by atoms with Crippen molar-refractivity contribution in [1.82, 2.24) is 20.9 Å². The number of nitrogens with zero attached hydrogens (tertiary/aromatic N) is 1. The van der Waals surface area contributed by atoms with Crippen molar-refractivity contribution in [1.29, 1.82) is 0 Å². The van der Waals surface area contributed by atoms with Crippen molar-refractivity contribution >= 4 is 64.7 Å². The highest BCUT2D eigenvalue weighted by Crippen LogP contribution is 2.35. The highest BCUT2D eigenvalue weighted by Gasteiger charge is 2.32. The fourth-order valence-corrected chi connectivity index (χ4v) is 5.96. The normalized spacial score (nSPS) is 15.9. The molecule has 4 amide bonds. The summed E-state index contributed by atoms with van der Waals surface area (Å²) >= 11 is 19.1. The molecule has 9 nitrogen and oxygen atoms in total. The maximum absolute atomic E-state index is 13.2. The number of hydrogen-bond acceptors (Lipinski definition) is 4. The molecule has 3 aromatic rings. The number of benzene rings is 3. The van der Waals surface area contributed by atoms with Crippen molar-refractivity contribution in [2.75, 3.05) is 13.1 Å². The zero-order valence-electron chi connectivity index (χ0n) is 22.0. The molecule has 0 saturated heterocycles. The average molecular weight is 628 g/mol. The standard InChI is InChI=1S/C30H25Cl3N4O5/c31-18-6-3-4-16(12-18)15-37-11-10-20-21(28(37)39)13-22(32)25(26(20)33)27(38)35-24(29(40)41)14-34-30(42)36-23-9-8-17-5-1-2-7-19(17)23/h1-9,12-13,23-24H,10-11,14-15H2,(H,35,38)(H,40,41)(H2,34,36,42)/t23-,24?/m1/s1. The highest BCUT2D eigenvalue weighted by molar-refractivity contribution is 6.41. The third kappa shape index (κ3) is 6.23. The molecule has 216 valence electrons. The van der Waals surface area contributed by atoms with Gasteiger partial charge in [0.15, 0.2) is 0 Å². The van der Waals surface area contributed by atoms with Crippen LogP contribution in [0.25, 0.3) is 6.08 Å². The first-order chi connectivity index (χ1) is 20.1. The van der Waals surface area contributed by atoms with Crippen LogP contribution in [0.15, 0.2) is 60.7 Å². The number of rotatable bonds is 8. The Kier molecular flexibility index (Phi) is 8.72. The molecular formula is C30H25Cl3N4O5. The lowest BCUT2D eigenvalue weighted by Crippen LogP contribution is -2.50. The molecule has 0 aromatic heterocycles. The van der Waals surface area contributed by atoms with Gasteiger partial charge in [0.1, 0.15) is 6.04 Å². The van der Waals surface area contributed by atoms with Gasteiger partial charge in [-0.3, -0.25) is 9.59 Å². The predicted molar refractivity (Wildman–Crippen MR) is 160 cm³/mol. The van der Waals surface area contributed by atoms with E-state index in [2.05, 4.69) is 16.0 Å². The molecule has 42 heavy (non-hydrogen) atoms. The number of urea groups is 1. The van der Waals surface area contributed by atoms with Gasteiger partial charge in [0.25, 0.3) is 11.8 Å². The fraction of sp³-hybridized carbons (Fsp3) is 0.200. The third-order valence-corrected chi connectivity index (χ3v) is 8.06. The first kappa shape index (κ1) is 29.4. The fourth-order valence-electron chi connectivity index (χ4n) is 5.02. The average Bonchev–Trinajstić information content (AvgIpc) is 3.35. The summed E-state index contributed by atoms with van der Waals surface area (Å²) in [6, 6.07) is 13.7. The van der Waals surface area contributed by atoms with Crippen molar-refractivity contribution in [2.24, 2.45) is 0 Å². The molecular weight excluding hydrogens is 603 g/mol. The minimum Gasteiger partial charge on any atom is -0.480 e. The number of amides is 4. The zero-order valence-corrected chi connectivity index (χ0v) is 24.3. The van der Waals surface area contributed by atoms with E-state index in [9.17, 15) is 24.3 Å². The molecule has 1 aliphatic carbocycles. The Bertz CT molecular complexity index is 1630. The SMILES string of the molecule is O=C(NCC(NC(=O)c1c(Cl)cc2c(c1Cl)CCN(Cc1cccc(Cl)c1)C2=O)C(=O)O)N[C@@H]1C=Cc2ccccc21. The van der Waals surface area contributed by atoms with E-state index in [0.717, 1.165) is 16.7 Å². The van der Waals surface area contributed by atoms with E-state index < -0.39 is 30.5 Å². The van der Waals surface area contributed by atoms with E-state index in [1.54, 1.807) is 23.1 Å². The number of aliphatic carboxylic acids is 1. The van der Waals surface area contributed by atoms with Gasteiger partial charge in [-0.2, -0.15) is 0 Å². The lowest BCUT2D eigenvalue weighted by Gasteiger charge is -2.30. The van der Waals surface area contributed by atoms with Crippen LogP contribution < -0.4 is 16.0 Å². The zero-order chi connectivity index (χ0) is 30.0. The van der Waals surface area contributed by atoms with E-state index >= 15 is 0 Å². The number of halogens is 3. The summed E-state index contributed by atoms with van der Waals surface area (Å²) in [6.07, 6.45) is 4.07. The molecule has 1 heterocycles. The summed E-state index contributed by atoms with van der Waals surface area (Å²) in [6.45, 7) is 0.279. The molecule has 3 aromatic carbocycles. The summed E-state index contributed by atoms with van der Waals surface area (Å²) in [5.74, 6) is -2.51. The van der Waals surface area contributed by atoms with E-state index in [4.69, 9.17) is 34.8 Å². The summed E-state index contributed by atoms with van der Waals surface area (Å²) in [5.41, 5.74) is 3.33. The van der Waals surface area contributed by atoms with Gasteiger partial charge in [-0.25, -0.2) is 9.59 Å². The second-order valence-electron chi connectivity index (χ2n) is 9.86. The molecule has 1 unspecified atom stereocenters. The van der Waals surface area contributed by atoms with Gasteiger partial charge in [-0.1, -0.05) is 83.4 Å². The second kappa shape index (κ2) is 12.4. The van der Waals surface area contributed by atoms with Crippen molar-refractivity contribution in [3.8, 4) is 0 Å². The van der Waals surface area contributed by atoms with Gasteiger partial charge in [0.05, 0.1) is 28.2 Å². The van der Waals surface area contributed by atoms with Gasteiger partial charge in [-0.05, 0) is 46.9 Å². The van der Waals surface area contributed by atoms with Crippen LogP contribution >= 0.6 is 34.8 Å². The molecule has 0 radical (unpaired) electrons. The largest absolute Gasteiger partial charge is 0.480 e. The van der Waals surface area contributed by atoms with Crippen LogP contribution in [0.1, 0.15) is 49.0 Å². The monoisotopic (exact) mass is 626 g/mol. The van der Waals surface area contributed by atoms with Crippen molar-refractivity contribution in [2.45, 2.75) is 25.0 Å². The molecule has 12 heteroatoms. The van der Waals surface area contributed by atoms with Crippen LogP contribution in [0.3, 0.4) is 0 Å². The first-order valence-corrected chi connectivity index (χ1v) is 14.2. The molecule has 0 spiro atoms. The van der Waals surface area contributed by atoms with Crippen LogP contribution in [0, 0.1) is 0 Å². The smallest absolute Gasteiger partial charge is 0.328 e. The number of carbonyl (C=O) groups excluding carboxylic acids is 3. The van der Waals surface area contributed by atoms with Crippen LogP contribution in [-0.2, 0) is 17.8 Å². The number of carbonyl (C=O) groups is 4. The van der Waals surface area contributed by atoms with Gasteiger partial charge in [0.2, 0.25) is 0 Å². The topological polar surface area (TPSA) is 128 Å². The van der Waals surface area contributed by atoms with Gasteiger partial charge < -0.3 is 26.0 Å². The van der Waals surface area contributed by atoms with E-state index in [1.807, 2.05) is 42.5 Å².